The molecule has 0 spiro atoms. The molecule has 3 N–H and O–H groups in total. The van der Waals surface area contributed by atoms with E-state index in [4.69, 9.17) is 0 Å². The van der Waals surface area contributed by atoms with Gasteiger partial charge in [-0.1, -0.05) is 37.3 Å². The molecule has 0 fully saturated rings. The van der Waals surface area contributed by atoms with Crippen LogP contribution >= 0.6 is 22.6 Å². The van der Waals surface area contributed by atoms with E-state index in [9.17, 15) is 18.7 Å². The van der Waals surface area contributed by atoms with E-state index in [1.54, 1.807) is 0 Å². The zero-order valence-corrected chi connectivity index (χ0v) is 23.1. The van der Waals surface area contributed by atoms with Gasteiger partial charge in [0.1, 0.15) is 11.6 Å². The molecule has 1 amide bonds. The van der Waals surface area contributed by atoms with Gasteiger partial charge in [-0.2, -0.15) is 0 Å². The Balaban J connectivity index is 1.48. The van der Waals surface area contributed by atoms with E-state index in [0.29, 0.717) is 18.5 Å². The fraction of sp³-hybridized carbons (Fsp3) is 0.367. The minimum Gasteiger partial charge on any atom is -0.390 e. The number of benzene rings is 3. The summed E-state index contributed by atoms with van der Waals surface area (Å²) in [7, 11) is 0. The van der Waals surface area contributed by atoms with Gasteiger partial charge in [0.15, 0.2) is 0 Å². The van der Waals surface area contributed by atoms with Crippen LogP contribution in [0.3, 0.4) is 0 Å². The fourth-order valence-electron chi connectivity index (χ4n) is 5.08. The predicted octanol–water partition coefficient (Wildman–Crippen LogP) is 5.43. The van der Waals surface area contributed by atoms with Crippen LogP contribution in [0, 0.1) is 15.2 Å². The highest BCUT2D eigenvalue weighted by atomic mass is 127. The second-order valence-electron chi connectivity index (χ2n) is 9.77. The van der Waals surface area contributed by atoms with E-state index >= 15 is 0 Å². The van der Waals surface area contributed by atoms with Gasteiger partial charge in [-0.25, -0.2) is 8.78 Å². The third-order valence-corrected chi connectivity index (χ3v) is 7.66. The highest BCUT2D eigenvalue weighted by molar-refractivity contribution is 14.1. The molecule has 0 saturated carbocycles. The molecule has 4 nitrogen and oxygen atoms in total. The molecule has 0 aromatic heterocycles. The molecule has 3 atom stereocenters. The number of aliphatic hydroxyl groups excluding tert-OH is 1. The number of amides is 1. The second-order valence-corrected chi connectivity index (χ2v) is 11.0. The number of aliphatic hydroxyl groups is 1. The molecular weight excluding hydrogens is 585 g/mol. The highest BCUT2D eigenvalue weighted by Crippen LogP contribution is 2.28. The van der Waals surface area contributed by atoms with Gasteiger partial charge >= 0.3 is 0 Å². The van der Waals surface area contributed by atoms with Crippen LogP contribution in [0.1, 0.15) is 53.5 Å². The number of halogens is 3. The van der Waals surface area contributed by atoms with Crippen LogP contribution in [0.4, 0.5) is 8.78 Å². The van der Waals surface area contributed by atoms with Gasteiger partial charge in [-0.05, 0) is 107 Å². The van der Waals surface area contributed by atoms with Crippen LogP contribution in [0.2, 0.25) is 0 Å². The third kappa shape index (κ3) is 7.58. The molecule has 7 heteroatoms. The SMILES string of the molecule is CCC(C(=O)NC(Cc1cc(F)cc(F)c1)C(O)CNCc1cccc(I)c1)c1ccc2c(c1)CCC2. The van der Waals surface area contributed by atoms with Gasteiger partial charge < -0.3 is 15.7 Å². The lowest BCUT2D eigenvalue weighted by Gasteiger charge is -2.27. The van der Waals surface area contributed by atoms with Crippen molar-refractivity contribution in [2.45, 2.75) is 63.6 Å². The first-order chi connectivity index (χ1) is 17.8. The standard InChI is InChI=1S/C30H33F2IN2O2/c1-2-27(23-10-9-21-6-4-7-22(21)15-23)30(37)35-28(14-20-11-24(31)16-25(32)12-20)29(36)18-34-17-19-5-3-8-26(33)13-19/h3,5,8-13,15-16,27-29,34,36H,2,4,6-7,14,17-18H2,1H3,(H,35,37). The number of carbonyl (C=O) groups is 1. The summed E-state index contributed by atoms with van der Waals surface area (Å²) in [5.41, 5.74) is 5.07. The first-order valence-electron chi connectivity index (χ1n) is 12.8. The molecule has 0 aliphatic heterocycles. The highest BCUT2D eigenvalue weighted by Gasteiger charge is 2.27. The molecule has 3 aromatic rings. The van der Waals surface area contributed by atoms with E-state index < -0.39 is 23.8 Å². The summed E-state index contributed by atoms with van der Waals surface area (Å²) >= 11 is 2.25. The maximum absolute atomic E-state index is 13.9. The zero-order chi connectivity index (χ0) is 26.4. The Morgan fingerprint density at radius 2 is 1.76 bits per heavy atom. The molecule has 196 valence electrons. The lowest BCUT2D eigenvalue weighted by atomic mass is 9.91. The Morgan fingerprint density at radius 3 is 2.49 bits per heavy atom. The Morgan fingerprint density at radius 1 is 1.00 bits per heavy atom. The summed E-state index contributed by atoms with van der Waals surface area (Å²) in [6.45, 7) is 2.73. The number of carbonyl (C=O) groups excluding carboxylic acids is 1. The van der Waals surface area contributed by atoms with Crippen molar-refractivity contribution in [1.29, 1.82) is 0 Å². The van der Waals surface area contributed by atoms with Crippen molar-refractivity contribution in [1.82, 2.24) is 10.6 Å². The zero-order valence-electron chi connectivity index (χ0n) is 20.9. The topological polar surface area (TPSA) is 61.4 Å². The van der Waals surface area contributed by atoms with Gasteiger partial charge in [0.25, 0.3) is 0 Å². The minimum absolute atomic E-state index is 0.104. The monoisotopic (exact) mass is 618 g/mol. The quantitative estimate of drug-likeness (QED) is 0.252. The summed E-state index contributed by atoms with van der Waals surface area (Å²) in [5.74, 6) is -1.94. The minimum atomic E-state index is -0.962. The van der Waals surface area contributed by atoms with Crippen LogP contribution in [0.15, 0.2) is 60.7 Å². The van der Waals surface area contributed by atoms with Crippen LogP contribution in [-0.4, -0.2) is 29.7 Å². The molecule has 0 heterocycles. The van der Waals surface area contributed by atoms with Gasteiger partial charge in [0.05, 0.1) is 18.1 Å². The normalized spacial score (nSPS) is 15.2. The summed E-state index contributed by atoms with van der Waals surface area (Å²) < 4.78 is 28.9. The van der Waals surface area contributed by atoms with Crippen LogP contribution in [0.5, 0.6) is 0 Å². The first-order valence-corrected chi connectivity index (χ1v) is 13.9. The van der Waals surface area contributed by atoms with E-state index in [2.05, 4.69) is 51.4 Å². The largest absolute Gasteiger partial charge is 0.390 e. The maximum atomic E-state index is 13.9. The Bertz CT molecular complexity index is 1220. The maximum Gasteiger partial charge on any atom is 0.227 e. The molecule has 0 radical (unpaired) electrons. The van der Waals surface area contributed by atoms with Crippen molar-refractivity contribution in [2.24, 2.45) is 0 Å². The number of hydrogen-bond acceptors (Lipinski definition) is 3. The van der Waals surface area contributed by atoms with Crippen molar-refractivity contribution in [3.63, 3.8) is 0 Å². The molecule has 3 aromatic carbocycles. The Hall–Kier alpha value is -2.36. The van der Waals surface area contributed by atoms with E-state index in [1.165, 1.54) is 23.3 Å². The predicted molar refractivity (Wildman–Crippen MR) is 150 cm³/mol. The summed E-state index contributed by atoms with van der Waals surface area (Å²) in [6, 6.07) is 16.9. The molecule has 0 bridgehead atoms. The molecule has 4 rings (SSSR count). The number of fused-ring (bicyclic) bond motifs is 1. The van der Waals surface area contributed by atoms with Crippen molar-refractivity contribution < 1.29 is 18.7 Å². The van der Waals surface area contributed by atoms with Gasteiger partial charge in [0.2, 0.25) is 5.91 Å². The number of nitrogens with one attached hydrogen (secondary N) is 2. The third-order valence-electron chi connectivity index (χ3n) is 6.99. The second kappa shape index (κ2) is 12.9. The molecule has 1 aliphatic carbocycles. The fourth-order valence-corrected chi connectivity index (χ4v) is 5.69. The van der Waals surface area contributed by atoms with Crippen LogP contribution < -0.4 is 10.6 Å². The molecular formula is C30H33F2IN2O2. The molecule has 1 aliphatic rings. The average Bonchev–Trinajstić information content (AvgIpc) is 3.31. The number of rotatable bonds is 11. The summed E-state index contributed by atoms with van der Waals surface area (Å²) in [6.07, 6.45) is 2.98. The van der Waals surface area contributed by atoms with Gasteiger partial charge in [-0.15, -0.1) is 0 Å². The molecule has 37 heavy (non-hydrogen) atoms. The van der Waals surface area contributed by atoms with Gasteiger partial charge in [-0.3, -0.25) is 4.79 Å². The van der Waals surface area contributed by atoms with Crippen molar-refractivity contribution in [3.8, 4) is 0 Å². The van der Waals surface area contributed by atoms with Crippen molar-refractivity contribution >= 4 is 28.5 Å². The Kier molecular flexibility index (Phi) is 9.67. The van der Waals surface area contributed by atoms with Crippen LogP contribution in [-0.2, 0) is 30.6 Å². The van der Waals surface area contributed by atoms with Crippen LogP contribution in [0.25, 0.3) is 0 Å². The molecule has 0 saturated heterocycles. The van der Waals surface area contributed by atoms with Crippen molar-refractivity contribution in [2.75, 3.05) is 6.54 Å². The summed E-state index contributed by atoms with van der Waals surface area (Å²) in [4.78, 5) is 13.5. The molecule has 3 unspecified atom stereocenters. The van der Waals surface area contributed by atoms with E-state index in [-0.39, 0.29) is 24.8 Å². The van der Waals surface area contributed by atoms with E-state index in [0.717, 1.165) is 40.0 Å². The lowest BCUT2D eigenvalue weighted by Crippen LogP contribution is -2.49. The smallest absolute Gasteiger partial charge is 0.227 e. The summed E-state index contributed by atoms with van der Waals surface area (Å²) in [5, 5.41) is 17.3. The van der Waals surface area contributed by atoms with E-state index in [1.807, 2.05) is 31.2 Å². The average molecular weight is 619 g/mol. The Labute approximate surface area is 231 Å². The van der Waals surface area contributed by atoms with Gasteiger partial charge in [0, 0.05) is 22.7 Å². The number of hydrogen-bond donors (Lipinski definition) is 3. The lowest BCUT2D eigenvalue weighted by molar-refractivity contribution is -0.124. The number of aryl methyl sites for hydroxylation is 2. The van der Waals surface area contributed by atoms with Crippen molar-refractivity contribution in [3.05, 3.63) is 104 Å². The first kappa shape index (κ1) is 27.7.